The van der Waals surface area contributed by atoms with Gasteiger partial charge in [-0.05, 0) is 29.8 Å². The van der Waals surface area contributed by atoms with E-state index in [1.807, 2.05) is 18.2 Å². The Bertz CT molecular complexity index is 639. The summed E-state index contributed by atoms with van der Waals surface area (Å²) in [5, 5.41) is 0. The summed E-state index contributed by atoms with van der Waals surface area (Å²) in [6.45, 7) is 0.382. The molecule has 2 aromatic rings. The van der Waals surface area contributed by atoms with E-state index in [1.54, 1.807) is 37.7 Å². The highest BCUT2D eigenvalue weighted by Gasteiger charge is 2.05. The molecule has 0 aliphatic heterocycles. The van der Waals surface area contributed by atoms with Crippen LogP contribution in [0.3, 0.4) is 0 Å². The highest BCUT2D eigenvalue weighted by molar-refractivity contribution is 5.90. The number of pyridine rings is 1. The van der Waals surface area contributed by atoms with Gasteiger partial charge in [0.25, 0.3) is 0 Å². The number of nitrogens with two attached hydrogens (primary N) is 1. The van der Waals surface area contributed by atoms with Crippen LogP contribution in [0.4, 0.5) is 0 Å². The lowest BCUT2D eigenvalue weighted by atomic mass is 10.2. The first-order chi connectivity index (χ1) is 10.2. The summed E-state index contributed by atoms with van der Waals surface area (Å²) in [6.07, 6.45) is 6.37. The zero-order valence-corrected chi connectivity index (χ0v) is 11.7. The summed E-state index contributed by atoms with van der Waals surface area (Å²) in [5.74, 6) is 0.715. The number of hydrogen-bond donors (Lipinski definition) is 1. The van der Waals surface area contributed by atoms with Crippen LogP contribution in [0, 0.1) is 0 Å². The van der Waals surface area contributed by atoms with Crippen molar-refractivity contribution >= 4 is 12.0 Å². The molecule has 5 nitrogen and oxygen atoms in total. The molecule has 0 bridgehead atoms. The molecule has 0 radical (unpaired) electrons. The first-order valence-corrected chi connectivity index (χ1v) is 6.36. The summed E-state index contributed by atoms with van der Waals surface area (Å²) >= 11 is 0. The van der Waals surface area contributed by atoms with E-state index in [1.165, 1.54) is 6.08 Å². The van der Waals surface area contributed by atoms with Crippen LogP contribution in [0.5, 0.6) is 11.5 Å². The lowest BCUT2D eigenvalue weighted by Crippen LogP contribution is -2.05. The van der Waals surface area contributed by atoms with Crippen molar-refractivity contribution in [2.45, 2.75) is 6.61 Å². The van der Waals surface area contributed by atoms with Crippen molar-refractivity contribution in [1.82, 2.24) is 4.98 Å². The Labute approximate surface area is 123 Å². The first kappa shape index (κ1) is 14.6. The van der Waals surface area contributed by atoms with Crippen molar-refractivity contribution in [3.63, 3.8) is 0 Å². The number of primary amides is 1. The third-order valence-electron chi connectivity index (χ3n) is 2.74. The van der Waals surface area contributed by atoms with Gasteiger partial charge < -0.3 is 15.2 Å². The van der Waals surface area contributed by atoms with E-state index >= 15 is 0 Å². The van der Waals surface area contributed by atoms with E-state index in [-0.39, 0.29) is 0 Å². The Balaban J connectivity index is 2.16. The summed E-state index contributed by atoms with van der Waals surface area (Å²) in [5.41, 5.74) is 6.84. The van der Waals surface area contributed by atoms with Gasteiger partial charge in [-0.3, -0.25) is 9.78 Å². The zero-order chi connectivity index (χ0) is 15.1. The van der Waals surface area contributed by atoms with Crippen LogP contribution in [0.1, 0.15) is 11.1 Å². The summed E-state index contributed by atoms with van der Waals surface area (Å²) < 4.78 is 11.0. The fraction of sp³-hybridized carbons (Fsp3) is 0.125. The third kappa shape index (κ3) is 4.35. The van der Waals surface area contributed by atoms with Crippen LogP contribution in [0.15, 0.2) is 48.8 Å². The molecule has 0 atom stereocenters. The molecule has 0 saturated carbocycles. The smallest absolute Gasteiger partial charge is 0.241 e. The van der Waals surface area contributed by atoms with Gasteiger partial charge >= 0.3 is 0 Å². The monoisotopic (exact) mass is 284 g/mol. The summed E-state index contributed by atoms with van der Waals surface area (Å²) in [4.78, 5) is 14.8. The van der Waals surface area contributed by atoms with Crippen LogP contribution < -0.4 is 15.2 Å². The molecule has 0 aliphatic carbocycles. The minimum absolute atomic E-state index is 0.382. The maximum absolute atomic E-state index is 10.8. The molecule has 108 valence electrons. The van der Waals surface area contributed by atoms with E-state index in [0.717, 1.165) is 11.1 Å². The number of nitrogens with zero attached hydrogens (tertiary/aromatic N) is 1. The van der Waals surface area contributed by atoms with Crippen LogP contribution in [0.2, 0.25) is 0 Å². The Morgan fingerprint density at radius 3 is 2.86 bits per heavy atom. The maximum atomic E-state index is 10.8. The molecule has 2 N–H and O–H groups in total. The topological polar surface area (TPSA) is 74.4 Å². The lowest BCUT2D eigenvalue weighted by molar-refractivity contribution is -0.113. The molecule has 0 spiro atoms. The van der Waals surface area contributed by atoms with E-state index < -0.39 is 5.91 Å². The number of carbonyl (C=O) groups is 1. The van der Waals surface area contributed by atoms with Crippen molar-refractivity contribution in [2.75, 3.05) is 7.11 Å². The van der Waals surface area contributed by atoms with Gasteiger partial charge in [0.15, 0.2) is 11.5 Å². The standard InChI is InChI=1S/C16H16N2O3/c1-20-14-6-4-12(5-7-16(17)19)9-15(14)21-11-13-3-2-8-18-10-13/h2-10H,11H2,1H3,(H2,17,19)/b7-5+. The Kier molecular flexibility index (Phi) is 4.93. The number of ether oxygens (including phenoxy) is 2. The predicted molar refractivity (Wildman–Crippen MR) is 79.8 cm³/mol. The SMILES string of the molecule is COc1ccc(/C=C/C(N)=O)cc1OCc1cccnc1. The van der Waals surface area contributed by atoms with E-state index in [4.69, 9.17) is 15.2 Å². The largest absolute Gasteiger partial charge is 0.493 e. The summed E-state index contributed by atoms with van der Waals surface area (Å²) in [6, 6.07) is 9.15. The Morgan fingerprint density at radius 1 is 1.33 bits per heavy atom. The average Bonchev–Trinajstić information content (AvgIpc) is 2.52. The van der Waals surface area contributed by atoms with Crippen molar-refractivity contribution in [3.05, 3.63) is 59.9 Å². The number of methoxy groups -OCH3 is 1. The molecule has 21 heavy (non-hydrogen) atoms. The van der Waals surface area contributed by atoms with Crippen LogP contribution >= 0.6 is 0 Å². The fourth-order valence-electron chi connectivity index (χ4n) is 1.73. The molecule has 1 amide bonds. The van der Waals surface area contributed by atoms with Gasteiger partial charge in [0.2, 0.25) is 5.91 Å². The van der Waals surface area contributed by atoms with Gasteiger partial charge in [-0.2, -0.15) is 0 Å². The van der Waals surface area contributed by atoms with Gasteiger partial charge in [0, 0.05) is 24.0 Å². The molecule has 2 rings (SSSR count). The Hall–Kier alpha value is -2.82. The number of hydrogen-bond acceptors (Lipinski definition) is 4. The molecular formula is C16H16N2O3. The fourth-order valence-corrected chi connectivity index (χ4v) is 1.73. The van der Waals surface area contributed by atoms with Crippen molar-refractivity contribution in [1.29, 1.82) is 0 Å². The highest BCUT2D eigenvalue weighted by Crippen LogP contribution is 2.29. The van der Waals surface area contributed by atoms with E-state index in [2.05, 4.69) is 4.98 Å². The Morgan fingerprint density at radius 2 is 2.19 bits per heavy atom. The third-order valence-corrected chi connectivity index (χ3v) is 2.74. The molecule has 1 heterocycles. The van der Waals surface area contributed by atoms with Crippen molar-refractivity contribution in [3.8, 4) is 11.5 Å². The minimum atomic E-state index is -0.497. The number of aromatic nitrogens is 1. The first-order valence-electron chi connectivity index (χ1n) is 6.36. The number of carbonyl (C=O) groups excluding carboxylic acids is 1. The molecule has 0 unspecified atom stereocenters. The molecule has 1 aromatic carbocycles. The minimum Gasteiger partial charge on any atom is -0.493 e. The second-order valence-corrected chi connectivity index (χ2v) is 4.30. The molecule has 0 saturated heterocycles. The quantitative estimate of drug-likeness (QED) is 0.825. The van der Waals surface area contributed by atoms with Crippen molar-refractivity contribution < 1.29 is 14.3 Å². The molecule has 5 heteroatoms. The summed E-state index contributed by atoms with van der Waals surface area (Å²) in [7, 11) is 1.57. The van der Waals surface area contributed by atoms with Gasteiger partial charge in [-0.15, -0.1) is 0 Å². The molecule has 0 fully saturated rings. The van der Waals surface area contributed by atoms with Gasteiger partial charge in [-0.1, -0.05) is 12.1 Å². The molecular weight excluding hydrogens is 268 g/mol. The highest BCUT2D eigenvalue weighted by atomic mass is 16.5. The van der Waals surface area contributed by atoms with Crippen LogP contribution in [0.25, 0.3) is 6.08 Å². The van der Waals surface area contributed by atoms with Crippen LogP contribution in [-0.4, -0.2) is 18.0 Å². The van der Waals surface area contributed by atoms with E-state index in [0.29, 0.717) is 18.1 Å². The number of benzene rings is 1. The predicted octanol–water partition coefficient (Wildman–Crippen LogP) is 2.17. The van der Waals surface area contributed by atoms with E-state index in [9.17, 15) is 4.79 Å². The van der Waals surface area contributed by atoms with Crippen LogP contribution in [-0.2, 0) is 11.4 Å². The van der Waals surface area contributed by atoms with Gasteiger partial charge in [-0.25, -0.2) is 0 Å². The van der Waals surface area contributed by atoms with Gasteiger partial charge in [0.05, 0.1) is 7.11 Å². The average molecular weight is 284 g/mol. The normalized spacial score (nSPS) is 10.5. The lowest BCUT2D eigenvalue weighted by Gasteiger charge is -2.11. The number of amides is 1. The van der Waals surface area contributed by atoms with Gasteiger partial charge in [0.1, 0.15) is 6.61 Å². The second-order valence-electron chi connectivity index (χ2n) is 4.30. The van der Waals surface area contributed by atoms with Crippen molar-refractivity contribution in [2.24, 2.45) is 5.73 Å². The molecule has 1 aromatic heterocycles. The maximum Gasteiger partial charge on any atom is 0.241 e. The zero-order valence-electron chi connectivity index (χ0n) is 11.7. The molecule has 0 aliphatic rings. The second kappa shape index (κ2) is 7.09. The number of rotatable bonds is 6.